The van der Waals surface area contributed by atoms with Gasteiger partial charge in [0.05, 0.1) is 7.57 Å². The molecule has 1 aliphatic carbocycles. The molecule has 0 bridgehead atoms. The van der Waals surface area contributed by atoms with Crippen molar-refractivity contribution in [2.24, 2.45) is 5.41 Å². The lowest BCUT2D eigenvalue weighted by atomic mass is 9.78. The Bertz CT molecular complexity index is 383. The van der Waals surface area contributed by atoms with Crippen molar-refractivity contribution < 1.29 is 0 Å². The van der Waals surface area contributed by atoms with Crippen LogP contribution in [0, 0.1) is 5.41 Å². The van der Waals surface area contributed by atoms with Gasteiger partial charge in [0.2, 0.25) is 0 Å². The number of hydrogen-bond donors (Lipinski definition) is 1. The van der Waals surface area contributed by atoms with E-state index < -0.39 is 0 Å². The van der Waals surface area contributed by atoms with E-state index in [0.29, 0.717) is 11.5 Å². The summed E-state index contributed by atoms with van der Waals surface area (Å²) in [5.41, 5.74) is 1.84. The van der Waals surface area contributed by atoms with Gasteiger partial charge in [-0.15, -0.1) is 11.3 Å². The van der Waals surface area contributed by atoms with Gasteiger partial charge in [-0.05, 0) is 68.3 Å². The van der Waals surface area contributed by atoms with Gasteiger partial charge in [-0.25, -0.2) is 0 Å². The summed E-state index contributed by atoms with van der Waals surface area (Å²) < 4.78 is 2.48. The first-order chi connectivity index (χ1) is 8.07. The van der Waals surface area contributed by atoms with Crippen LogP contribution in [0.25, 0.3) is 0 Å². The van der Waals surface area contributed by atoms with E-state index in [1.807, 2.05) is 0 Å². The van der Waals surface area contributed by atoms with E-state index in [1.54, 1.807) is 11.3 Å². The number of nitrogens with one attached hydrogen (secondary N) is 1. The van der Waals surface area contributed by atoms with Gasteiger partial charge in [0.1, 0.15) is 0 Å². The van der Waals surface area contributed by atoms with Gasteiger partial charge in [-0.3, -0.25) is 0 Å². The molecule has 4 heteroatoms. The minimum Gasteiger partial charge on any atom is -0.310 e. The minimum absolute atomic E-state index is 0.416. The van der Waals surface area contributed by atoms with Crippen molar-refractivity contribution in [3.63, 3.8) is 0 Å². The fourth-order valence-corrected chi connectivity index (χ4v) is 5.86. The number of thiophene rings is 1. The van der Waals surface area contributed by atoms with Crippen molar-refractivity contribution in [3.05, 3.63) is 19.2 Å². The molecular formula is C13H19Br2NS. The molecule has 1 fully saturated rings. The molecule has 1 saturated carbocycles. The molecule has 96 valence electrons. The summed E-state index contributed by atoms with van der Waals surface area (Å²) >= 11 is 9.07. The summed E-state index contributed by atoms with van der Waals surface area (Å²) in [5, 5.41) is 3.69. The van der Waals surface area contributed by atoms with E-state index in [1.165, 1.54) is 38.8 Å². The van der Waals surface area contributed by atoms with Gasteiger partial charge in [0.25, 0.3) is 0 Å². The summed E-state index contributed by atoms with van der Waals surface area (Å²) in [6.07, 6.45) is 5.43. The smallest absolute Gasteiger partial charge is 0.0758 e. The van der Waals surface area contributed by atoms with Crippen LogP contribution in [0.2, 0.25) is 0 Å². The van der Waals surface area contributed by atoms with Crippen LogP contribution >= 0.6 is 43.2 Å². The van der Waals surface area contributed by atoms with Gasteiger partial charge in [-0.1, -0.05) is 26.7 Å². The van der Waals surface area contributed by atoms with Crippen LogP contribution < -0.4 is 5.32 Å². The molecule has 1 nitrogen and oxygen atoms in total. The highest BCUT2D eigenvalue weighted by Gasteiger charge is 2.38. The fourth-order valence-electron chi connectivity index (χ4n) is 2.96. The molecule has 1 aromatic heterocycles. The lowest BCUT2D eigenvalue weighted by Crippen LogP contribution is -2.34. The Morgan fingerprint density at radius 1 is 1.41 bits per heavy atom. The van der Waals surface area contributed by atoms with Gasteiger partial charge in [0.15, 0.2) is 0 Å². The Balaban J connectivity index is 2.31. The van der Waals surface area contributed by atoms with Gasteiger partial charge in [-0.2, -0.15) is 0 Å². The average molecular weight is 381 g/mol. The molecule has 0 saturated heterocycles. The van der Waals surface area contributed by atoms with Crippen LogP contribution in [0.15, 0.2) is 13.6 Å². The van der Waals surface area contributed by atoms with E-state index in [4.69, 9.17) is 0 Å². The van der Waals surface area contributed by atoms with E-state index in [2.05, 4.69) is 57.1 Å². The maximum Gasteiger partial charge on any atom is 0.0758 e. The first kappa shape index (κ1) is 14.0. The molecule has 17 heavy (non-hydrogen) atoms. The van der Waals surface area contributed by atoms with Crippen molar-refractivity contribution >= 4 is 43.2 Å². The molecule has 1 aromatic rings. The largest absolute Gasteiger partial charge is 0.310 e. The second-order valence-corrected chi connectivity index (χ2v) is 8.88. The first-order valence-corrected chi connectivity index (χ1v) is 8.65. The van der Waals surface area contributed by atoms with Crippen molar-refractivity contribution in [1.29, 1.82) is 0 Å². The molecule has 0 aliphatic heterocycles. The lowest BCUT2D eigenvalue weighted by Gasteiger charge is -2.35. The first-order valence-electron chi connectivity index (χ1n) is 6.25. The molecule has 0 aromatic carbocycles. The topological polar surface area (TPSA) is 12.0 Å². The standard InChI is InChI=1S/C13H19Br2NS/c1-3-16-11(13(2)6-4-5-7-13)9-8-10(14)17-12(9)15/h8,11,16H,3-7H2,1-2H3. The number of hydrogen-bond acceptors (Lipinski definition) is 2. The number of halogens is 2. The highest BCUT2D eigenvalue weighted by atomic mass is 79.9. The van der Waals surface area contributed by atoms with Crippen LogP contribution in [0.5, 0.6) is 0 Å². The predicted molar refractivity (Wildman–Crippen MR) is 82.7 cm³/mol. The zero-order valence-corrected chi connectivity index (χ0v) is 14.3. The average Bonchev–Trinajstić information content (AvgIpc) is 2.83. The summed E-state index contributed by atoms with van der Waals surface area (Å²) in [5.74, 6) is 0. The fraction of sp³-hybridized carbons (Fsp3) is 0.692. The molecule has 0 amide bonds. The summed E-state index contributed by atoms with van der Waals surface area (Å²) in [4.78, 5) is 0. The third-order valence-electron chi connectivity index (χ3n) is 3.85. The SMILES string of the molecule is CCNC(c1cc(Br)sc1Br)C1(C)CCCC1. The van der Waals surface area contributed by atoms with Crippen LogP contribution in [-0.4, -0.2) is 6.54 Å². The van der Waals surface area contributed by atoms with Gasteiger partial charge in [0, 0.05) is 6.04 Å². The molecule has 1 heterocycles. The second-order valence-electron chi connectivity index (χ2n) is 5.13. The van der Waals surface area contributed by atoms with Crippen LogP contribution in [-0.2, 0) is 0 Å². The third kappa shape index (κ3) is 2.96. The highest BCUT2D eigenvalue weighted by molar-refractivity contribution is 9.12. The maximum atomic E-state index is 3.71. The molecule has 2 rings (SSSR count). The van der Waals surface area contributed by atoms with Gasteiger partial charge < -0.3 is 5.32 Å². The van der Waals surface area contributed by atoms with Crippen molar-refractivity contribution in [2.45, 2.75) is 45.6 Å². The lowest BCUT2D eigenvalue weighted by molar-refractivity contribution is 0.226. The Hall–Kier alpha value is 0.620. The molecular weight excluding hydrogens is 362 g/mol. The van der Waals surface area contributed by atoms with E-state index in [0.717, 1.165) is 6.54 Å². The molecule has 1 atom stereocenters. The summed E-state index contributed by atoms with van der Waals surface area (Å²) in [7, 11) is 0. The Morgan fingerprint density at radius 2 is 2.06 bits per heavy atom. The van der Waals surface area contributed by atoms with E-state index in [9.17, 15) is 0 Å². The predicted octanol–water partition coefficient (Wildman–Crippen LogP) is 5.50. The Morgan fingerprint density at radius 3 is 2.53 bits per heavy atom. The third-order valence-corrected chi connectivity index (χ3v) is 6.23. The van der Waals surface area contributed by atoms with Crippen molar-refractivity contribution in [1.82, 2.24) is 5.32 Å². The normalized spacial score (nSPS) is 20.7. The Labute approximate surface area is 125 Å². The van der Waals surface area contributed by atoms with Crippen molar-refractivity contribution in [3.8, 4) is 0 Å². The summed E-state index contributed by atoms with van der Waals surface area (Å²) in [6.45, 7) is 5.66. The van der Waals surface area contributed by atoms with Crippen LogP contribution in [0.4, 0.5) is 0 Å². The van der Waals surface area contributed by atoms with Crippen molar-refractivity contribution in [2.75, 3.05) is 6.54 Å². The minimum atomic E-state index is 0.416. The van der Waals surface area contributed by atoms with Gasteiger partial charge >= 0.3 is 0 Å². The van der Waals surface area contributed by atoms with Crippen LogP contribution in [0.1, 0.15) is 51.1 Å². The monoisotopic (exact) mass is 379 g/mol. The highest BCUT2D eigenvalue weighted by Crippen LogP contribution is 2.50. The second kappa shape index (κ2) is 5.72. The van der Waals surface area contributed by atoms with E-state index in [-0.39, 0.29) is 0 Å². The summed E-state index contributed by atoms with van der Waals surface area (Å²) in [6, 6.07) is 2.75. The quantitative estimate of drug-likeness (QED) is 0.726. The number of rotatable bonds is 4. The molecule has 1 unspecified atom stereocenters. The molecule has 0 radical (unpaired) electrons. The molecule has 1 aliphatic rings. The molecule has 1 N–H and O–H groups in total. The van der Waals surface area contributed by atoms with Crippen LogP contribution in [0.3, 0.4) is 0 Å². The Kier molecular flexibility index (Phi) is 4.73. The van der Waals surface area contributed by atoms with E-state index >= 15 is 0 Å². The maximum absolute atomic E-state index is 3.71. The zero-order valence-electron chi connectivity index (χ0n) is 10.4. The zero-order chi connectivity index (χ0) is 12.5. The molecule has 0 spiro atoms.